The second-order valence-corrected chi connectivity index (χ2v) is 14.5. The second-order valence-electron chi connectivity index (χ2n) is 14.5. The highest BCUT2D eigenvalue weighted by Crippen LogP contribution is 2.60. The Labute approximate surface area is 326 Å². The maximum atomic E-state index is 13.9. The van der Waals surface area contributed by atoms with Gasteiger partial charge in [0.2, 0.25) is 19.3 Å². The van der Waals surface area contributed by atoms with E-state index in [9.17, 15) is 19.8 Å². The number of esters is 2. The van der Waals surface area contributed by atoms with Crippen molar-refractivity contribution in [2.75, 3.05) is 55.2 Å². The van der Waals surface area contributed by atoms with Crippen molar-refractivity contribution in [1.82, 2.24) is 0 Å². The Morgan fingerprint density at radius 2 is 1.21 bits per heavy atom. The maximum absolute atomic E-state index is 13.9. The molecule has 9 rings (SSSR count). The van der Waals surface area contributed by atoms with E-state index in [1.807, 2.05) is 24.3 Å². The van der Waals surface area contributed by atoms with Crippen LogP contribution < -0.4 is 28.4 Å². The van der Waals surface area contributed by atoms with Crippen LogP contribution in [0.15, 0.2) is 72.4 Å². The summed E-state index contributed by atoms with van der Waals surface area (Å²) in [6.45, 7) is 3.87. The SMILES string of the molecule is C=C(OC)C(O)=C(C=C[C@@H]1c2cc3c(cc2[C@@H](O[C@@H]2c4cc5c(cc4[C@@H](c4cc(OC)c(O)c(OC)c4)[C@H]4C(=O)OC[C@@H]42)OCO5)[C@H]2COC(=O)[C@@H]21)OCO3)OC. The van der Waals surface area contributed by atoms with E-state index >= 15 is 0 Å². The molecular weight excluding hydrogens is 744 g/mol. The molecule has 6 aliphatic rings. The fraction of sp³-hybridized carbons (Fsp3) is 0.381. The number of methoxy groups -OCH3 is 4. The molecule has 2 N–H and O–H groups in total. The van der Waals surface area contributed by atoms with Gasteiger partial charge in [0.05, 0.1) is 65.7 Å². The number of benzene rings is 3. The number of hydrogen-bond donors (Lipinski definition) is 2. The van der Waals surface area contributed by atoms with Gasteiger partial charge >= 0.3 is 11.9 Å². The van der Waals surface area contributed by atoms with Crippen LogP contribution in [0, 0.1) is 23.7 Å². The van der Waals surface area contributed by atoms with Gasteiger partial charge in [0.25, 0.3) is 0 Å². The Bertz CT molecular complexity index is 2220. The molecule has 4 aliphatic heterocycles. The standard InChI is InChI=1S/C42H40O15/c1-18(47-2)37(43)27(48-3)7-6-20-21-10-28-30(55-16-53-28)12-23(21)39(25-14-51-41(45)35(20)25)57-40-24-13-31-29(54-17-56-31)11-22(24)34(36-26(40)15-52-42(36)46)19-8-32(49-4)38(44)33(9-19)50-5/h6-13,20,25-26,34-36,39-40,43-44H,1,14-17H2,2-5H3/t20-,25+,26+,34-,35-,36+,39-,40-/m1/s1. The first kappa shape index (κ1) is 36.4. The van der Waals surface area contributed by atoms with Crippen molar-refractivity contribution in [2.24, 2.45) is 23.7 Å². The van der Waals surface area contributed by atoms with E-state index in [0.29, 0.717) is 28.6 Å². The molecule has 298 valence electrons. The molecule has 57 heavy (non-hydrogen) atoms. The zero-order valence-electron chi connectivity index (χ0n) is 31.5. The zero-order chi connectivity index (χ0) is 39.7. The highest BCUT2D eigenvalue weighted by atomic mass is 16.7. The van der Waals surface area contributed by atoms with Crippen LogP contribution in [0.2, 0.25) is 0 Å². The Morgan fingerprint density at radius 3 is 1.75 bits per heavy atom. The Balaban J connectivity index is 1.19. The van der Waals surface area contributed by atoms with Gasteiger partial charge in [-0.2, -0.15) is 0 Å². The van der Waals surface area contributed by atoms with Crippen molar-refractivity contribution in [1.29, 1.82) is 0 Å². The molecule has 2 saturated heterocycles. The third-order valence-electron chi connectivity index (χ3n) is 11.9. The predicted molar refractivity (Wildman–Crippen MR) is 195 cm³/mol. The number of hydrogen-bond acceptors (Lipinski definition) is 15. The van der Waals surface area contributed by atoms with Gasteiger partial charge in [-0.15, -0.1) is 0 Å². The first-order valence-electron chi connectivity index (χ1n) is 18.3. The van der Waals surface area contributed by atoms with Crippen LogP contribution >= 0.6 is 0 Å². The molecule has 2 fully saturated rings. The number of fused-ring (bicyclic) bond motifs is 6. The summed E-state index contributed by atoms with van der Waals surface area (Å²) in [7, 11) is 5.67. The van der Waals surface area contributed by atoms with E-state index in [0.717, 1.165) is 22.3 Å². The summed E-state index contributed by atoms with van der Waals surface area (Å²) in [4.78, 5) is 27.7. The quantitative estimate of drug-likeness (QED) is 0.147. The number of aromatic hydroxyl groups is 1. The first-order chi connectivity index (χ1) is 27.6. The summed E-state index contributed by atoms with van der Waals surface area (Å²) < 4.78 is 63.9. The average Bonchev–Trinajstić information content (AvgIpc) is 4.04. The highest BCUT2D eigenvalue weighted by molar-refractivity contribution is 5.80. The van der Waals surface area contributed by atoms with Crippen molar-refractivity contribution < 1.29 is 71.9 Å². The van der Waals surface area contributed by atoms with Crippen molar-refractivity contribution >= 4 is 11.9 Å². The molecule has 4 heterocycles. The van der Waals surface area contributed by atoms with Gasteiger partial charge in [0, 0.05) is 23.7 Å². The Morgan fingerprint density at radius 1 is 0.702 bits per heavy atom. The molecule has 3 aromatic rings. The van der Waals surface area contributed by atoms with Crippen molar-refractivity contribution in [3.05, 3.63) is 100 Å². The topological polar surface area (TPSA) is 176 Å². The molecule has 8 atom stereocenters. The third-order valence-corrected chi connectivity index (χ3v) is 11.9. The number of phenols is 1. The second kappa shape index (κ2) is 14.1. The van der Waals surface area contributed by atoms with Gasteiger partial charge in [-0.05, 0) is 70.3 Å². The number of carbonyl (C=O) groups is 2. The molecule has 3 aromatic carbocycles. The molecule has 0 unspecified atom stereocenters. The van der Waals surface area contributed by atoms with E-state index in [4.69, 9.17) is 52.1 Å². The number of phenolic OH excluding ortho intramolecular Hbond substituents is 1. The summed E-state index contributed by atoms with van der Waals surface area (Å²) in [6, 6.07) is 10.8. The largest absolute Gasteiger partial charge is 0.502 e. The van der Waals surface area contributed by atoms with Gasteiger partial charge in [0.1, 0.15) is 0 Å². The van der Waals surface area contributed by atoms with Crippen LogP contribution in [-0.2, 0) is 33.3 Å². The zero-order valence-corrected chi connectivity index (χ0v) is 31.5. The van der Waals surface area contributed by atoms with E-state index in [2.05, 4.69) is 6.58 Å². The average molecular weight is 785 g/mol. The number of ether oxygens (including phenoxy) is 11. The van der Waals surface area contributed by atoms with Crippen molar-refractivity contribution in [2.45, 2.75) is 24.0 Å². The lowest BCUT2D eigenvalue weighted by Gasteiger charge is -2.44. The summed E-state index contributed by atoms with van der Waals surface area (Å²) >= 11 is 0. The molecule has 0 saturated carbocycles. The van der Waals surface area contributed by atoms with Crippen molar-refractivity contribution in [3.8, 4) is 40.2 Å². The van der Waals surface area contributed by atoms with Gasteiger partial charge < -0.3 is 62.3 Å². The molecule has 0 aromatic heterocycles. The highest BCUT2D eigenvalue weighted by Gasteiger charge is 2.57. The minimum Gasteiger partial charge on any atom is -0.502 e. The monoisotopic (exact) mass is 784 g/mol. The van der Waals surface area contributed by atoms with Gasteiger partial charge in [-0.3, -0.25) is 9.59 Å². The van der Waals surface area contributed by atoms with E-state index in [1.54, 1.807) is 24.3 Å². The molecule has 2 aliphatic carbocycles. The number of carbonyl (C=O) groups excluding carboxylic acids is 2. The fourth-order valence-corrected chi connectivity index (χ4v) is 9.18. The summed E-state index contributed by atoms with van der Waals surface area (Å²) in [6.07, 6.45) is 1.87. The summed E-state index contributed by atoms with van der Waals surface area (Å²) in [5.41, 5.74) is 3.58. The molecule has 15 heteroatoms. The lowest BCUT2D eigenvalue weighted by molar-refractivity contribution is -0.142. The van der Waals surface area contributed by atoms with Crippen LogP contribution in [0.1, 0.15) is 51.9 Å². The lowest BCUT2D eigenvalue weighted by atomic mass is 9.65. The molecule has 15 nitrogen and oxygen atoms in total. The molecular formula is C42H40O15. The Kier molecular flexibility index (Phi) is 8.98. The molecule has 0 amide bonds. The number of aliphatic hydroxyl groups is 1. The van der Waals surface area contributed by atoms with E-state index < -0.39 is 59.7 Å². The summed E-state index contributed by atoms with van der Waals surface area (Å²) in [5.74, 6) is -2.41. The predicted octanol–water partition coefficient (Wildman–Crippen LogP) is 5.62. The normalized spacial score (nSPS) is 27.7. The molecule has 0 spiro atoms. The lowest BCUT2D eigenvalue weighted by Crippen LogP contribution is -2.39. The number of aliphatic hydroxyl groups excluding tert-OH is 1. The number of cyclic esters (lactones) is 2. The first-order valence-corrected chi connectivity index (χ1v) is 18.3. The van der Waals surface area contributed by atoms with E-state index in [-0.39, 0.29) is 61.3 Å². The maximum Gasteiger partial charge on any atom is 0.310 e. The summed E-state index contributed by atoms with van der Waals surface area (Å²) in [5, 5.41) is 21.5. The minimum absolute atomic E-state index is 0.00417. The van der Waals surface area contributed by atoms with Gasteiger partial charge in [-0.25, -0.2) is 0 Å². The smallest absolute Gasteiger partial charge is 0.310 e. The van der Waals surface area contributed by atoms with Gasteiger partial charge in [0.15, 0.2) is 51.8 Å². The fourth-order valence-electron chi connectivity index (χ4n) is 9.18. The van der Waals surface area contributed by atoms with Gasteiger partial charge in [-0.1, -0.05) is 12.7 Å². The molecule has 0 radical (unpaired) electrons. The number of rotatable bonds is 10. The third kappa shape index (κ3) is 5.73. The van der Waals surface area contributed by atoms with Crippen LogP contribution in [0.4, 0.5) is 0 Å². The van der Waals surface area contributed by atoms with Crippen LogP contribution in [0.25, 0.3) is 0 Å². The van der Waals surface area contributed by atoms with Crippen molar-refractivity contribution in [3.63, 3.8) is 0 Å². The Hall–Kier alpha value is -6.22. The van der Waals surface area contributed by atoms with Crippen LogP contribution in [-0.4, -0.2) is 77.4 Å². The number of allylic oxidation sites excluding steroid dienone is 2. The van der Waals surface area contributed by atoms with Crippen LogP contribution in [0.3, 0.4) is 0 Å². The minimum atomic E-state index is -0.741. The van der Waals surface area contributed by atoms with Crippen LogP contribution in [0.5, 0.6) is 40.2 Å². The van der Waals surface area contributed by atoms with E-state index in [1.165, 1.54) is 28.4 Å². The molecule has 0 bridgehead atoms.